The van der Waals surface area contributed by atoms with Crippen molar-refractivity contribution in [3.63, 3.8) is 0 Å². The molecule has 1 aliphatic rings. The quantitative estimate of drug-likeness (QED) is 0.564. The molecule has 140 valence electrons. The molecule has 2 heterocycles. The van der Waals surface area contributed by atoms with Crippen LogP contribution in [0.3, 0.4) is 0 Å². The Morgan fingerprint density at radius 2 is 2.18 bits per heavy atom. The lowest BCUT2D eigenvalue weighted by molar-refractivity contribution is -0.138. The maximum atomic E-state index is 11.6. The molecule has 0 radical (unpaired) electrons. The van der Waals surface area contributed by atoms with E-state index in [9.17, 15) is 9.59 Å². The highest BCUT2D eigenvalue weighted by Gasteiger charge is 2.32. The fraction of sp³-hybridized carbons (Fsp3) is 0.111. The molecule has 1 amide bonds. The molecule has 1 unspecified atom stereocenters. The van der Waals surface area contributed by atoms with Gasteiger partial charge in [0.15, 0.2) is 5.17 Å². The number of aromatic nitrogens is 1. The summed E-state index contributed by atoms with van der Waals surface area (Å²) in [5, 5.41) is 27.6. The molecule has 2 N–H and O–H groups in total. The number of carboxylic acids is 1. The molecule has 1 fully saturated rings. The van der Waals surface area contributed by atoms with Gasteiger partial charge in [0, 0.05) is 6.20 Å². The zero-order valence-electron chi connectivity index (χ0n) is 14.3. The van der Waals surface area contributed by atoms with Crippen molar-refractivity contribution < 1.29 is 19.4 Å². The number of carbonyl (C=O) groups is 2. The number of nitrogens with zero attached hydrogens (tertiary/aromatic N) is 4. The van der Waals surface area contributed by atoms with Crippen LogP contribution in [0.5, 0.6) is 11.6 Å². The van der Waals surface area contributed by atoms with Crippen LogP contribution in [-0.4, -0.2) is 38.6 Å². The molecule has 28 heavy (non-hydrogen) atoms. The van der Waals surface area contributed by atoms with Gasteiger partial charge in [0.2, 0.25) is 11.8 Å². The van der Waals surface area contributed by atoms with E-state index in [4.69, 9.17) is 15.1 Å². The van der Waals surface area contributed by atoms with Crippen LogP contribution in [0.25, 0.3) is 0 Å². The molecular weight excluding hydrogens is 382 g/mol. The third-order valence-corrected chi connectivity index (χ3v) is 4.55. The standard InChI is InChI=1S/C18H13N5O4S/c19-9-12-2-1-7-20-17(12)27-13-5-3-11(4-6-13)10-21-23-18-22-16(26)14(28-18)8-15(24)25/h1-7,10,14H,8H2,(H,24,25)(H,22,23,26). The summed E-state index contributed by atoms with van der Waals surface area (Å²) in [6.07, 6.45) is 2.75. The van der Waals surface area contributed by atoms with Gasteiger partial charge in [-0.25, -0.2) is 4.98 Å². The Kier molecular flexibility index (Phi) is 5.98. The van der Waals surface area contributed by atoms with E-state index in [1.165, 1.54) is 12.4 Å². The van der Waals surface area contributed by atoms with Crippen molar-refractivity contribution in [3.8, 4) is 17.7 Å². The number of hydrogen-bond donors (Lipinski definition) is 2. The average molecular weight is 395 g/mol. The highest BCUT2D eigenvalue weighted by molar-refractivity contribution is 8.15. The van der Waals surface area contributed by atoms with Crippen molar-refractivity contribution in [1.29, 1.82) is 5.26 Å². The molecule has 0 spiro atoms. The lowest BCUT2D eigenvalue weighted by Gasteiger charge is -2.05. The maximum Gasteiger partial charge on any atom is 0.305 e. The molecule has 10 heteroatoms. The Morgan fingerprint density at radius 1 is 1.39 bits per heavy atom. The highest BCUT2D eigenvalue weighted by atomic mass is 32.2. The number of carboxylic acid groups (broad SMARTS) is 1. The van der Waals surface area contributed by atoms with E-state index in [0.717, 1.165) is 17.3 Å². The van der Waals surface area contributed by atoms with Gasteiger partial charge in [-0.2, -0.15) is 10.4 Å². The van der Waals surface area contributed by atoms with Crippen molar-refractivity contribution >= 4 is 35.0 Å². The Morgan fingerprint density at radius 3 is 2.89 bits per heavy atom. The highest BCUT2D eigenvalue weighted by Crippen LogP contribution is 2.23. The van der Waals surface area contributed by atoms with Gasteiger partial charge in [-0.1, -0.05) is 11.8 Å². The van der Waals surface area contributed by atoms with Gasteiger partial charge in [-0.15, -0.1) is 5.10 Å². The molecule has 1 atom stereocenters. The Labute approximate surface area is 163 Å². The molecule has 0 bridgehead atoms. The van der Waals surface area contributed by atoms with Gasteiger partial charge in [-0.3, -0.25) is 9.59 Å². The van der Waals surface area contributed by atoms with Crippen LogP contribution in [0.15, 0.2) is 52.8 Å². The van der Waals surface area contributed by atoms with E-state index in [1.54, 1.807) is 36.4 Å². The number of benzene rings is 1. The maximum absolute atomic E-state index is 11.6. The van der Waals surface area contributed by atoms with Crippen LogP contribution in [0.4, 0.5) is 0 Å². The average Bonchev–Trinajstić information content (AvgIpc) is 3.02. The van der Waals surface area contributed by atoms with E-state index in [1.807, 2.05) is 6.07 Å². The second kappa shape index (κ2) is 8.79. The molecule has 2 aromatic rings. The normalized spacial score (nSPS) is 17.5. The van der Waals surface area contributed by atoms with E-state index in [-0.39, 0.29) is 17.5 Å². The Hall–Kier alpha value is -3.71. The number of amidine groups is 1. The van der Waals surface area contributed by atoms with Crippen molar-refractivity contribution in [1.82, 2.24) is 10.3 Å². The topological polar surface area (TPSA) is 137 Å². The van der Waals surface area contributed by atoms with Crippen molar-refractivity contribution in [2.45, 2.75) is 11.7 Å². The summed E-state index contributed by atoms with van der Waals surface area (Å²) in [5.74, 6) is -0.710. The van der Waals surface area contributed by atoms with Crippen LogP contribution in [0.2, 0.25) is 0 Å². The third-order valence-electron chi connectivity index (χ3n) is 3.48. The molecule has 3 rings (SSSR count). The van der Waals surface area contributed by atoms with E-state index < -0.39 is 17.1 Å². The second-order valence-corrected chi connectivity index (χ2v) is 6.67. The van der Waals surface area contributed by atoms with Gasteiger partial charge in [0.25, 0.3) is 0 Å². The molecule has 1 aromatic heterocycles. The number of ether oxygens (including phenoxy) is 1. The van der Waals surface area contributed by atoms with Crippen molar-refractivity contribution in [2.75, 3.05) is 0 Å². The summed E-state index contributed by atoms with van der Waals surface area (Å²) in [7, 11) is 0. The fourth-order valence-corrected chi connectivity index (χ4v) is 3.10. The second-order valence-electron chi connectivity index (χ2n) is 5.48. The zero-order valence-corrected chi connectivity index (χ0v) is 15.1. The number of hydrogen-bond acceptors (Lipinski definition) is 8. The molecule has 1 aliphatic heterocycles. The first-order valence-corrected chi connectivity index (χ1v) is 8.86. The first kappa shape index (κ1) is 19.1. The number of pyridine rings is 1. The Bertz CT molecular complexity index is 998. The fourth-order valence-electron chi connectivity index (χ4n) is 2.18. The minimum atomic E-state index is -1.05. The molecule has 0 saturated carbocycles. The number of nitrogens with one attached hydrogen (secondary N) is 1. The van der Waals surface area contributed by atoms with Gasteiger partial charge < -0.3 is 15.2 Å². The number of thioether (sulfide) groups is 1. The Balaban J connectivity index is 1.61. The summed E-state index contributed by atoms with van der Waals surface area (Å²) >= 11 is 1.03. The number of rotatable bonds is 6. The number of aliphatic carboxylic acids is 1. The summed E-state index contributed by atoms with van der Waals surface area (Å²) in [4.78, 5) is 26.3. The van der Waals surface area contributed by atoms with Crippen LogP contribution in [0.1, 0.15) is 17.5 Å². The van der Waals surface area contributed by atoms with Crippen LogP contribution >= 0.6 is 11.8 Å². The van der Waals surface area contributed by atoms with E-state index >= 15 is 0 Å². The minimum absolute atomic E-state index is 0.225. The molecule has 9 nitrogen and oxygen atoms in total. The van der Waals surface area contributed by atoms with Crippen molar-refractivity contribution in [2.24, 2.45) is 10.2 Å². The van der Waals surface area contributed by atoms with Crippen LogP contribution < -0.4 is 10.1 Å². The first-order valence-electron chi connectivity index (χ1n) is 7.98. The zero-order chi connectivity index (χ0) is 19.9. The minimum Gasteiger partial charge on any atom is -0.481 e. The molecule has 1 aromatic carbocycles. The van der Waals surface area contributed by atoms with Gasteiger partial charge in [0.1, 0.15) is 22.6 Å². The predicted octanol–water partition coefficient (Wildman–Crippen LogP) is 2.14. The largest absolute Gasteiger partial charge is 0.481 e. The predicted molar refractivity (Wildman–Crippen MR) is 102 cm³/mol. The molecule has 1 saturated heterocycles. The van der Waals surface area contributed by atoms with Crippen LogP contribution in [-0.2, 0) is 9.59 Å². The molecule has 0 aliphatic carbocycles. The summed E-state index contributed by atoms with van der Waals surface area (Å²) in [6, 6.07) is 12.1. The summed E-state index contributed by atoms with van der Waals surface area (Å²) in [5.41, 5.74) is 1.07. The summed E-state index contributed by atoms with van der Waals surface area (Å²) < 4.78 is 5.59. The number of nitriles is 1. The van der Waals surface area contributed by atoms with E-state index in [0.29, 0.717) is 11.3 Å². The summed E-state index contributed by atoms with van der Waals surface area (Å²) in [6.45, 7) is 0. The van der Waals surface area contributed by atoms with Crippen molar-refractivity contribution in [3.05, 3.63) is 53.7 Å². The SMILES string of the molecule is N#Cc1cccnc1Oc1ccc(C=NN=C2NC(=O)C(CC(=O)O)S2)cc1. The van der Waals surface area contributed by atoms with Gasteiger partial charge in [-0.05, 0) is 42.0 Å². The third kappa shape index (κ3) is 4.93. The smallest absolute Gasteiger partial charge is 0.305 e. The lowest BCUT2D eigenvalue weighted by atomic mass is 10.2. The first-order chi connectivity index (χ1) is 13.5. The number of amides is 1. The lowest BCUT2D eigenvalue weighted by Crippen LogP contribution is -2.26. The van der Waals surface area contributed by atoms with Gasteiger partial charge in [0.05, 0.1) is 12.6 Å². The monoisotopic (exact) mass is 395 g/mol. The van der Waals surface area contributed by atoms with E-state index in [2.05, 4.69) is 20.5 Å². The van der Waals surface area contributed by atoms with Crippen LogP contribution in [0, 0.1) is 11.3 Å². The molecular formula is C18H13N5O4S. The number of carbonyl (C=O) groups excluding carboxylic acids is 1. The van der Waals surface area contributed by atoms with Gasteiger partial charge >= 0.3 is 5.97 Å².